The van der Waals surface area contributed by atoms with E-state index in [1.54, 1.807) is 6.07 Å². The first kappa shape index (κ1) is 15.0. The molecule has 1 atom stereocenters. The Labute approximate surface area is 121 Å². The minimum atomic E-state index is -3.30. The molecule has 0 amide bonds. The predicted octanol–water partition coefficient (Wildman–Crippen LogP) is 1.29. The third-order valence-corrected chi connectivity index (χ3v) is 3.81. The fourth-order valence-electron chi connectivity index (χ4n) is 1.97. The number of imidazole rings is 1. The Bertz CT molecular complexity index is 729. The Balaban J connectivity index is 2.43. The van der Waals surface area contributed by atoms with E-state index in [4.69, 9.17) is 11.6 Å². The van der Waals surface area contributed by atoms with E-state index in [1.165, 1.54) is 10.8 Å². The van der Waals surface area contributed by atoms with Gasteiger partial charge in [0.1, 0.15) is 0 Å². The lowest BCUT2D eigenvalue weighted by Gasteiger charge is -2.18. The van der Waals surface area contributed by atoms with Gasteiger partial charge in [0.15, 0.2) is 5.65 Å². The van der Waals surface area contributed by atoms with E-state index in [2.05, 4.69) is 14.7 Å². The molecule has 0 radical (unpaired) electrons. The van der Waals surface area contributed by atoms with Crippen LogP contribution in [0.25, 0.3) is 11.2 Å². The fourth-order valence-corrected chi connectivity index (χ4v) is 2.61. The van der Waals surface area contributed by atoms with Gasteiger partial charge in [-0.3, -0.25) is 4.57 Å². The summed E-state index contributed by atoms with van der Waals surface area (Å²) >= 11 is 5.90. The molecule has 2 heterocycles. The summed E-state index contributed by atoms with van der Waals surface area (Å²) in [5.74, 6) is 0. The van der Waals surface area contributed by atoms with Gasteiger partial charge in [0.25, 0.3) is 6.01 Å². The summed E-state index contributed by atoms with van der Waals surface area (Å²) in [5, 5.41) is 10.4. The maximum Gasteiger partial charge on any atom is 0.296 e. The molecule has 0 saturated carbocycles. The van der Waals surface area contributed by atoms with Crippen LogP contribution in [-0.2, 0) is 10.0 Å². The van der Waals surface area contributed by atoms with E-state index in [-0.39, 0.29) is 18.6 Å². The lowest BCUT2D eigenvalue weighted by molar-refractivity contribution is 0.365. The van der Waals surface area contributed by atoms with Crippen LogP contribution in [0.2, 0.25) is 5.02 Å². The number of halogens is 1. The summed E-state index contributed by atoms with van der Waals surface area (Å²) in [6, 6.07) is 1.15. The van der Waals surface area contributed by atoms with Gasteiger partial charge in [-0.25, -0.2) is 18.1 Å². The summed E-state index contributed by atoms with van der Waals surface area (Å²) in [7, 11) is -3.30. The molecule has 110 valence electrons. The molecule has 2 aromatic heterocycles. The molecule has 2 rings (SSSR count). The van der Waals surface area contributed by atoms with Crippen LogP contribution in [-0.4, -0.2) is 40.9 Å². The molecule has 7 nitrogen and oxygen atoms in total. The van der Waals surface area contributed by atoms with Crippen LogP contribution in [0.1, 0.15) is 19.4 Å². The summed E-state index contributed by atoms with van der Waals surface area (Å²) in [5.41, 5.74) is 0.932. The van der Waals surface area contributed by atoms with Gasteiger partial charge in [0.05, 0.1) is 22.8 Å². The smallest absolute Gasteiger partial charge is 0.296 e. The van der Waals surface area contributed by atoms with Crippen molar-refractivity contribution in [3.63, 3.8) is 0 Å². The third kappa shape index (κ3) is 3.20. The average Bonchev–Trinajstić information content (AvgIpc) is 2.65. The molecule has 0 aliphatic rings. The van der Waals surface area contributed by atoms with Crippen molar-refractivity contribution in [2.45, 2.75) is 19.4 Å². The van der Waals surface area contributed by atoms with Gasteiger partial charge in [-0.15, -0.1) is 0 Å². The molecule has 0 aliphatic heterocycles. The highest BCUT2D eigenvalue weighted by molar-refractivity contribution is 7.88. The monoisotopic (exact) mass is 318 g/mol. The Morgan fingerprint density at radius 1 is 1.55 bits per heavy atom. The first-order chi connectivity index (χ1) is 9.31. The molecule has 0 aromatic carbocycles. The number of aromatic hydroxyl groups is 1. The second-order valence-corrected chi connectivity index (χ2v) is 6.73. The third-order valence-electron chi connectivity index (χ3n) is 2.91. The summed E-state index contributed by atoms with van der Waals surface area (Å²) in [6.45, 7) is 2.04. The normalized spacial score (nSPS) is 13.8. The van der Waals surface area contributed by atoms with Crippen molar-refractivity contribution in [3.05, 3.63) is 17.3 Å². The average molecular weight is 319 g/mol. The number of nitrogens with zero attached hydrogens (tertiary/aromatic N) is 3. The highest BCUT2D eigenvalue weighted by Gasteiger charge is 2.19. The van der Waals surface area contributed by atoms with Crippen molar-refractivity contribution >= 4 is 32.8 Å². The molecule has 0 aliphatic carbocycles. The van der Waals surface area contributed by atoms with Crippen LogP contribution >= 0.6 is 11.6 Å². The highest BCUT2D eigenvalue weighted by atomic mass is 35.5. The van der Waals surface area contributed by atoms with Crippen LogP contribution in [0.15, 0.2) is 12.3 Å². The minimum absolute atomic E-state index is 0.154. The summed E-state index contributed by atoms with van der Waals surface area (Å²) < 4.78 is 26.3. The first-order valence-electron chi connectivity index (χ1n) is 5.99. The van der Waals surface area contributed by atoms with E-state index >= 15 is 0 Å². The molecule has 20 heavy (non-hydrogen) atoms. The number of rotatable bonds is 5. The SMILES string of the molecule is CC[C@H](CNS(C)(=O)=O)n1c(O)nc2ncc(Cl)cc21. The number of fused-ring (bicyclic) bond motifs is 1. The fraction of sp³-hybridized carbons (Fsp3) is 0.455. The number of aromatic nitrogens is 3. The Morgan fingerprint density at radius 2 is 2.25 bits per heavy atom. The van der Waals surface area contributed by atoms with Gasteiger partial charge in [-0.1, -0.05) is 18.5 Å². The quantitative estimate of drug-likeness (QED) is 0.865. The van der Waals surface area contributed by atoms with Gasteiger partial charge in [-0.05, 0) is 12.5 Å². The van der Waals surface area contributed by atoms with Crippen molar-refractivity contribution < 1.29 is 13.5 Å². The van der Waals surface area contributed by atoms with E-state index in [9.17, 15) is 13.5 Å². The van der Waals surface area contributed by atoms with Crippen LogP contribution in [0, 0.1) is 0 Å². The zero-order valence-corrected chi connectivity index (χ0v) is 12.6. The van der Waals surface area contributed by atoms with Crippen LogP contribution in [0.5, 0.6) is 6.01 Å². The van der Waals surface area contributed by atoms with Crippen LogP contribution in [0.3, 0.4) is 0 Å². The lowest BCUT2D eigenvalue weighted by Crippen LogP contribution is -2.29. The van der Waals surface area contributed by atoms with Crippen molar-refractivity contribution in [2.24, 2.45) is 0 Å². The van der Waals surface area contributed by atoms with E-state index in [1.807, 2.05) is 6.92 Å². The van der Waals surface area contributed by atoms with Crippen LogP contribution in [0.4, 0.5) is 0 Å². The van der Waals surface area contributed by atoms with Crippen molar-refractivity contribution in [2.75, 3.05) is 12.8 Å². The zero-order chi connectivity index (χ0) is 14.9. The highest BCUT2D eigenvalue weighted by Crippen LogP contribution is 2.27. The lowest BCUT2D eigenvalue weighted by atomic mass is 10.2. The Morgan fingerprint density at radius 3 is 2.85 bits per heavy atom. The molecule has 2 N–H and O–H groups in total. The number of nitrogens with one attached hydrogen (secondary N) is 1. The zero-order valence-electron chi connectivity index (χ0n) is 11.0. The van der Waals surface area contributed by atoms with E-state index in [0.717, 1.165) is 6.26 Å². The second kappa shape index (κ2) is 5.55. The van der Waals surface area contributed by atoms with Gasteiger partial charge < -0.3 is 5.11 Å². The molecule has 2 aromatic rings. The molecule has 0 fully saturated rings. The second-order valence-electron chi connectivity index (χ2n) is 4.46. The Hall–Kier alpha value is -1.38. The molecule has 9 heteroatoms. The number of hydrogen-bond acceptors (Lipinski definition) is 5. The maximum absolute atomic E-state index is 11.2. The van der Waals surface area contributed by atoms with E-state index in [0.29, 0.717) is 22.6 Å². The first-order valence-corrected chi connectivity index (χ1v) is 8.26. The van der Waals surface area contributed by atoms with Crippen LogP contribution < -0.4 is 4.72 Å². The number of pyridine rings is 1. The minimum Gasteiger partial charge on any atom is -0.480 e. The number of hydrogen-bond donors (Lipinski definition) is 2. The van der Waals surface area contributed by atoms with E-state index < -0.39 is 10.0 Å². The van der Waals surface area contributed by atoms with Gasteiger partial charge in [-0.2, -0.15) is 4.98 Å². The van der Waals surface area contributed by atoms with Crippen molar-refractivity contribution in [1.82, 2.24) is 19.3 Å². The largest absolute Gasteiger partial charge is 0.480 e. The van der Waals surface area contributed by atoms with Gasteiger partial charge >= 0.3 is 0 Å². The molecule has 0 spiro atoms. The van der Waals surface area contributed by atoms with Gasteiger partial charge in [0, 0.05) is 12.7 Å². The van der Waals surface area contributed by atoms with Crippen molar-refractivity contribution in [3.8, 4) is 6.01 Å². The molecule has 0 unspecified atom stereocenters. The predicted molar refractivity (Wildman–Crippen MR) is 76.4 cm³/mol. The summed E-state index contributed by atoms with van der Waals surface area (Å²) in [6.07, 6.45) is 3.13. The van der Waals surface area contributed by atoms with Gasteiger partial charge in [0.2, 0.25) is 10.0 Å². The number of sulfonamides is 1. The molecule has 0 saturated heterocycles. The molecular weight excluding hydrogens is 304 g/mol. The van der Waals surface area contributed by atoms with Crippen molar-refractivity contribution in [1.29, 1.82) is 0 Å². The Kier molecular flexibility index (Phi) is 4.17. The molecule has 0 bridgehead atoms. The maximum atomic E-state index is 11.2. The molecular formula is C11H15ClN4O3S. The summed E-state index contributed by atoms with van der Waals surface area (Å²) in [4.78, 5) is 7.96. The standard InChI is InChI=1S/C11H15ClN4O3S/c1-3-8(6-14-20(2,18)19)16-9-4-7(12)5-13-10(9)15-11(16)17/h4-5,8,14H,3,6H2,1-2H3,(H,13,15,17)/t8-/m1/s1. The topological polar surface area (TPSA) is 97.1 Å².